The summed E-state index contributed by atoms with van der Waals surface area (Å²) in [5.74, 6) is -1.28. The van der Waals surface area contributed by atoms with Gasteiger partial charge in [0.2, 0.25) is 0 Å². The second-order valence-corrected chi connectivity index (χ2v) is 6.40. The number of unbranched alkanes of at least 4 members (excludes halogenated alkanes) is 2. The molecule has 0 nitrogen and oxygen atoms in total. The molecule has 2 aromatic carbocycles. The third-order valence-corrected chi connectivity index (χ3v) is 4.59. The Morgan fingerprint density at radius 1 is 0.917 bits per heavy atom. The monoisotopic (exact) mass is 330 g/mol. The van der Waals surface area contributed by atoms with E-state index >= 15 is 0 Å². The highest BCUT2D eigenvalue weighted by atomic mass is 19.1. The van der Waals surface area contributed by atoms with E-state index in [0.29, 0.717) is 30.4 Å². The average molecular weight is 330 g/mol. The number of benzene rings is 2. The van der Waals surface area contributed by atoms with Crippen LogP contribution in [0.15, 0.2) is 30.3 Å². The molecule has 0 radical (unpaired) electrons. The predicted molar refractivity (Wildman–Crippen MR) is 92.2 cm³/mol. The zero-order valence-electron chi connectivity index (χ0n) is 13.8. The highest BCUT2D eigenvalue weighted by Gasteiger charge is 2.19. The van der Waals surface area contributed by atoms with Crippen LogP contribution in [0.5, 0.6) is 0 Å². The molecule has 0 aromatic heterocycles. The van der Waals surface area contributed by atoms with Crippen LogP contribution in [0, 0.1) is 17.5 Å². The summed E-state index contributed by atoms with van der Waals surface area (Å²) in [7, 11) is 0. The van der Waals surface area contributed by atoms with E-state index in [2.05, 4.69) is 6.92 Å². The van der Waals surface area contributed by atoms with E-state index < -0.39 is 11.6 Å². The fourth-order valence-electron chi connectivity index (χ4n) is 3.31. The quantitative estimate of drug-likeness (QED) is 0.562. The van der Waals surface area contributed by atoms with Crippen LogP contribution < -0.4 is 0 Å². The van der Waals surface area contributed by atoms with Crippen molar-refractivity contribution in [3.05, 3.63) is 70.0 Å². The first-order valence-corrected chi connectivity index (χ1v) is 8.55. The molecule has 0 amide bonds. The van der Waals surface area contributed by atoms with Crippen molar-refractivity contribution in [3.8, 4) is 0 Å². The van der Waals surface area contributed by atoms with Crippen molar-refractivity contribution in [2.75, 3.05) is 0 Å². The molecular formula is C21H21F3. The Balaban J connectivity index is 1.91. The molecule has 0 saturated heterocycles. The zero-order valence-corrected chi connectivity index (χ0v) is 13.8. The first kappa shape index (κ1) is 16.8. The van der Waals surface area contributed by atoms with Crippen molar-refractivity contribution in [3.63, 3.8) is 0 Å². The van der Waals surface area contributed by atoms with Gasteiger partial charge in [-0.25, -0.2) is 13.2 Å². The lowest BCUT2D eigenvalue weighted by Crippen LogP contribution is -2.04. The van der Waals surface area contributed by atoms with Gasteiger partial charge in [0, 0.05) is 5.56 Å². The normalized spacial score (nSPS) is 13.6. The maximum absolute atomic E-state index is 14.5. The number of allylic oxidation sites excluding steroid dienone is 1. The zero-order chi connectivity index (χ0) is 17.1. The van der Waals surface area contributed by atoms with Crippen molar-refractivity contribution in [1.82, 2.24) is 0 Å². The maximum atomic E-state index is 14.5. The molecule has 126 valence electrons. The first-order chi connectivity index (χ1) is 11.6. The third kappa shape index (κ3) is 3.55. The molecule has 1 aliphatic carbocycles. The summed E-state index contributed by atoms with van der Waals surface area (Å²) in [6, 6.07) is 7.44. The molecular weight excluding hydrogens is 309 g/mol. The summed E-state index contributed by atoms with van der Waals surface area (Å²) in [5.41, 5.74) is 3.13. The number of halogens is 3. The second kappa shape index (κ2) is 7.25. The molecule has 0 fully saturated rings. The molecule has 3 heteroatoms. The van der Waals surface area contributed by atoms with Crippen molar-refractivity contribution >= 4 is 11.6 Å². The number of hydrogen-bond acceptors (Lipinski definition) is 0. The van der Waals surface area contributed by atoms with Gasteiger partial charge in [-0.1, -0.05) is 31.9 Å². The van der Waals surface area contributed by atoms with Gasteiger partial charge in [-0.2, -0.15) is 0 Å². The molecule has 0 atom stereocenters. The number of fused-ring (bicyclic) bond motifs is 1. The van der Waals surface area contributed by atoms with Gasteiger partial charge < -0.3 is 0 Å². The van der Waals surface area contributed by atoms with Crippen LogP contribution in [0.3, 0.4) is 0 Å². The average Bonchev–Trinajstić information content (AvgIpc) is 2.54. The van der Waals surface area contributed by atoms with Crippen LogP contribution in [0.2, 0.25) is 0 Å². The predicted octanol–water partition coefficient (Wildman–Crippen LogP) is 6.32. The number of aryl methyl sites for hydroxylation is 2. The lowest BCUT2D eigenvalue weighted by atomic mass is 9.87. The fraction of sp³-hybridized carbons (Fsp3) is 0.333. The van der Waals surface area contributed by atoms with Gasteiger partial charge in [0.25, 0.3) is 0 Å². The summed E-state index contributed by atoms with van der Waals surface area (Å²) in [5, 5.41) is 0. The maximum Gasteiger partial charge on any atom is 0.133 e. The molecule has 0 saturated carbocycles. The molecule has 0 heterocycles. The van der Waals surface area contributed by atoms with Crippen LogP contribution in [0.1, 0.15) is 54.9 Å². The van der Waals surface area contributed by atoms with E-state index in [9.17, 15) is 13.2 Å². The molecule has 0 bridgehead atoms. The molecule has 24 heavy (non-hydrogen) atoms. The summed E-state index contributed by atoms with van der Waals surface area (Å²) < 4.78 is 42.3. The van der Waals surface area contributed by atoms with Gasteiger partial charge in [0.05, 0.1) is 0 Å². The van der Waals surface area contributed by atoms with E-state index in [1.807, 2.05) is 0 Å². The van der Waals surface area contributed by atoms with Crippen molar-refractivity contribution in [1.29, 1.82) is 0 Å². The molecule has 0 spiro atoms. The Labute approximate surface area is 141 Å². The van der Waals surface area contributed by atoms with E-state index in [1.54, 1.807) is 12.1 Å². The van der Waals surface area contributed by atoms with Crippen LogP contribution in [0.25, 0.3) is 11.6 Å². The molecule has 2 aromatic rings. The fourth-order valence-corrected chi connectivity index (χ4v) is 3.31. The largest absolute Gasteiger partial charge is 0.207 e. The molecule has 0 aliphatic heterocycles. The summed E-state index contributed by atoms with van der Waals surface area (Å²) >= 11 is 0. The Morgan fingerprint density at radius 2 is 1.67 bits per heavy atom. The minimum absolute atomic E-state index is 0.0595. The van der Waals surface area contributed by atoms with E-state index in [1.165, 1.54) is 24.3 Å². The summed E-state index contributed by atoms with van der Waals surface area (Å²) in [6.45, 7) is 2.10. The van der Waals surface area contributed by atoms with E-state index in [4.69, 9.17) is 0 Å². The second-order valence-electron chi connectivity index (χ2n) is 6.40. The first-order valence-electron chi connectivity index (χ1n) is 8.55. The van der Waals surface area contributed by atoms with Gasteiger partial charge >= 0.3 is 0 Å². The highest BCUT2D eigenvalue weighted by Crippen LogP contribution is 2.34. The highest BCUT2D eigenvalue weighted by molar-refractivity contribution is 5.84. The van der Waals surface area contributed by atoms with E-state index in [-0.39, 0.29) is 11.4 Å². The van der Waals surface area contributed by atoms with Crippen molar-refractivity contribution in [2.24, 2.45) is 0 Å². The topological polar surface area (TPSA) is 0 Å². The lowest BCUT2D eigenvalue weighted by molar-refractivity contribution is 0.570. The number of hydrogen-bond donors (Lipinski definition) is 0. The summed E-state index contributed by atoms with van der Waals surface area (Å²) in [6.07, 6.45) is 6.66. The van der Waals surface area contributed by atoms with E-state index in [0.717, 1.165) is 30.4 Å². The lowest BCUT2D eigenvalue weighted by Gasteiger charge is -2.18. The third-order valence-electron chi connectivity index (χ3n) is 4.59. The van der Waals surface area contributed by atoms with Crippen LogP contribution in [-0.4, -0.2) is 0 Å². The van der Waals surface area contributed by atoms with Gasteiger partial charge in [-0.3, -0.25) is 0 Å². The Bertz CT molecular complexity index is 752. The molecule has 3 rings (SSSR count). The minimum atomic E-state index is -0.502. The Hall–Kier alpha value is -2.03. The van der Waals surface area contributed by atoms with Crippen molar-refractivity contribution < 1.29 is 13.2 Å². The minimum Gasteiger partial charge on any atom is -0.207 e. The van der Waals surface area contributed by atoms with Crippen LogP contribution in [-0.2, 0) is 12.8 Å². The van der Waals surface area contributed by atoms with Gasteiger partial charge in [0.1, 0.15) is 17.5 Å². The van der Waals surface area contributed by atoms with Gasteiger partial charge in [-0.15, -0.1) is 0 Å². The molecule has 0 unspecified atom stereocenters. The number of rotatable bonds is 5. The van der Waals surface area contributed by atoms with Gasteiger partial charge in [0.15, 0.2) is 0 Å². The summed E-state index contributed by atoms with van der Waals surface area (Å²) in [4.78, 5) is 0. The van der Waals surface area contributed by atoms with Crippen molar-refractivity contribution in [2.45, 2.75) is 45.4 Å². The van der Waals surface area contributed by atoms with Crippen LogP contribution in [0.4, 0.5) is 13.2 Å². The SMILES string of the molecule is CCCCCc1cc(F)c(C2=Cc3ccc(F)cc3CC2)c(F)c1. The standard InChI is InChI=1S/C21H21F3/c1-2-3-4-5-14-10-19(23)21(20(24)11-14)17-7-6-16-13-18(22)9-8-15(16)12-17/h8-13H,2-7H2,1H3. The Morgan fingerprint density at radius 3 is 2.38 bits per heavy atom. The molecule has 1 aliphatic rings. The van der Waals surface area contributed by atoms with Gasteiger partial charge in [-0.05, 0) is 72.2 Å². The Kier molecular flexibility index (Phi) is 5.08. The smallest absolute Gasteiger partial charge is 0.133 e. The van der Waals surface area contributed by atoms with Crippen LogP contribution >= 0.6 is 0 Å². The molecule has 0 N–H and O–H groups in total.